The number of aryl methyl sites for hydroxylation is 1. The lowest BCUT2D eigenvalue weighted by molar-refractivity contribution is 0.265. The standard InChI is InChI=1S/C11H14N2O.ClH/c1-8-4-9(5-11(13)7-14)2-3-10(8)6-12;/h2-4,11,14H,5,7,13H2,1H3;1H/t11-;/m1./s1. The average molecular weight is 227 g/mol. The molecule has 0 amide bonds. The molecule has 0 saturated carbocycles. The predicted octanol–water partition coefficient (Wildman–Crippen LogP) is 1.15. The Morgan fingerprint density at radius 1 is 1.53 bits per heavy atom. The third kappa shape index (κ3) is 3.88. The van der Waals surface area contributed by atoms with Crippen molar-refractivity contribution >= 4 is 12.4 Å². The molecule has 0 radical (unpaired) electrons. The summed E-state index contributed by atoms with van der Waals surface area (Å²) < 4.78 is 0. The van der Waals surface area contributed by atoms with Crippen LogP contribution in [0, 0.1) is 18.3 Å². The number of hydrogen-bond acceptors (Lipinski definition) is 3. The van der Waals surface area contributed by atoms with E-state index in [1.807, 2.05) is 19.1 Å². The van der Waals surface area contributed by atoms with Gasteiger partial charge in [0.1, 0.15) is 0 Å². The Morgan fingerprint density at radius 2 is 2.20 bits per heavy atom. The van der Waals surface area contributed by atoms with Gasteiger partial charge in [0.2, 0.25) is 0 Å². The van der Waals surface area contributed by atoms with Crippen LogP contribution >= 0.6 is 12.4 Å². The Hall–Kier alpha value is -1.08. The van der Waals surface area contributed by atoms with Gasteiger partial charge >= 0.3 is 0 Å². The zero-order chi connectivity index (χ0) is 10.6. The number of nitriles is 1. The van der Waals surface area contributed by atoms with Crippen molar-refractivity contribution in [1.29, 1.82) is 5.26 Å². The third-order valence-electron chi connectivity index (χ3n) is 2.14. The summed E-state index contributed by atoms with van der Waals surface area (Å²) in [6.45, 7) is 1.88. The molecule has 82 valence electrons. The van der Waals surface area contributed by atoms with Crippen molar-refractivity contribution in [1.82, 2.24) is 0 Å². The molecule has 0 aliphatic carbocycles. The van der Waals surface area contributed by atoms with E-state index in [4.69, 9.17) is 16.1 Å². The van der Waals surface area contributed by atoms with E-state index in [0.717, 1.165) is 11.1 Å². The summed E-state index contributed by atoms with van der Waals surface area (Å²) in [6, 6.07) is 7.49. The van der Waals surface area contributed by atoms with Gasteiger partial charge in [-0.15, -0.1) is 12.4 Å². The number of aliphatic hydroxyl groups is 1. The van der Waals surface area contributed by atoms with Crippen molar-refractivity contribution in [2.45, 2.75) is 19.4 Å². The van der Waals surface area contributed by atoms with Crippen LogP contribution in [-0.2, 0) is 6.42 Å². The van der Waals surface area contributed by atoms with Crippen molar-refractivity contribution in [3.63, 3.8) is 0 Å². The van der Waals surface area contributed by atoms with E-state index in [1.165, 1.54) is 0 Å². The van der Waals surface area contributed by atoms with Crippen molar-refractivity contribution in [2.24, 2.45) is 5.73 Å². The molecule has 1 atom stereocenters. The van der Waals surface area contributed by atoms with E-state index in [0.29, 0.717) is 12.0 Å². The SMILES string of the molecule is Cc1cc(C[C@@H](N)CO)ccc1C#N.Cl. The van der Waals surface area contributed by atoms with Crippen LogP contribution < -0.4 is 5.73 Å². The fraction of sp³-hybridized carbons (Fsp3) is 0.364. The van der Waals surface area contributed by atoms with Crippen molar-refractivity contribution < 1.29 is 5.11 Å². The van der Waals surface area contributed by atoms with Gasteiger partial charge in [-0.25, -0.2) is 0 Å². The topological polar surface area (TPSA) is 70.0 Å². The minimum absolute atomic E-state index is 0. The lowest BCUT2D eigenvalue weighted by Crippen LogP contribution is -2.26. The quantitative estimate of drug-likeness (QED) is 0.813. The molecule has 1 aromatic carbocycles. The fourth-order valence-corrected chi connectivity index (χ4v) is 1.35. The first kappa shape index (κ1) is 13.9. The molecule has 0 aromatic heterocycles. The number of aliphatic hydroxyl groups excluding tert-OH is 1. The van der Waals surface area contributed by atoms with Crippen LogP contribution in [0.3, 0.4) is 0 Å². The molecule has 0 aliphatic rings. The highest BCUT2D eigenvalue weighted by Crippen LogP contribution is 2.11. The van der Waals surface area contributed by atoms with Crippen LogP contribution in [0.4, 0.5) is 0 Å². The monoisotopic (exact) mass is 226 g/mol. The Morgan fingerprint density at radius 3 is 2.67 bits per heavy atom. The molecule has 0 bridgehead atoms. The van der Waals surface area contributed by atoms with E-state index in [-0.39, 0.29) is 25.1 Å². The summed E-state index contributed by atoms with van der Waals surface area (Å²) in [5.41, 5.74) is 8.31. The van der Waals surface area contributed by atoms with Crippen LogP contribution in [-0.4, -0.2) is 17.8 Å². The smallest absolute Gasteiger partial charge is 0.0994 e. The van der Waals surface area contributed by atoms with Gasteiger partial charge in [-0.05, 0) is 30.5 Å². The normalized spacial score (nSPS) is 11.3. The van der Waals surface area contributed by atoms with Crippen LogP contribution in [0.1, 0.15) is 16.7 Å². The van der Waals surface area contributed by atoms with Crippen molar-refractivity contribution in [3.8, 4) is 6.07 Å². The summed E-state index contributed by atoms with van der Waals surface area (Å²) in [5, 5.41) is 17.5. The molecular weight excluding hydrogens is 212 g/mol. The highest BCUT2D eigenvalue weighted by Gasteiger charge is 2.04. The van der Waals surface area contributed by atoms with Crippen molar-refractivity contribution in [3.05, 3.63) is 34.9 Å². The van der Waals surface area contributed by atoms with Crippen molar-refractivity contribution in [2.75, 3.05) is 6.61 Å². The number of halogens is 1. The molecule has 4 heteroatoms. The zero-order valence-electron chi connectivity index (χ0n) is 8.60. The first-order valence-corrected chi connectivity index (χ1v) is 4.53. The van der Waals surface area contributed by atoms with Gasteiger partial charge in [-0.2, -0.15) is 5.26 Å². The average Bonchev–Trinajstić information content (AvgIpc) is 2.18. The largest absolute Gasteiger partial charge is 0.395 e. The van der Waals surface area contributed by atoms with E-state index in [1.54, 1.807) is 6.07 Å². The van der Waals surface area contributed by atoms with E-state index < -0.39 is 0 Å². The second-order valence-electron chi connectivity index (χ2n) is 3.41. The third-order valence-corrected chi connectivity index (χ3v) is 2.14. The van der Waals surface area contributed by atoms with Crippen LogP contribution in [0.5, 0.6) is 0 Å². The lowest BCUT2D eigenvalue weighted by Gasteiger charge is -2.08. The number of nitrogens with zero attached hydrogens (tertiary/aromatic N) is 1. The van der Waals surface area contributed by atoms with E-state index >= 15 is 0 Å². The van der Waals surface area contributed by atoms with E-state index in [2.05, 4.69) is 6.07 Å². The van der Waals surface area contributed by atoms with E-state index in [9.17, 15) is 0 Å². The maximum atomic E-state index is 8.79. The Labute approximate surface area is 95.9 Å². The highest BCUT2D eigenvalue weighted by atomic mass is 35.5. The van der Waals surface area contributed by atoms with Gasteiger partial charge in [0.15, 0.2) is 0 Å². The Kier molecular flexibility index (Phi) is 5.95. The van der Waals surface area contributed by atoms with Gasteiger partial charge in [0.25, 0.3) is 0 Å². The minimum atomic E-state index is -0.220. The van der Waals surface area contributed by atoms with Gasteiger partial charge in [-0.1, -0.05) is 12.1 Å². The summed E-state index contributed by atoms with van der Waals surface area (Å²) >= 11 is 0. The first-order valence-electron chi connectivity index (χ1n) is 4.53. The number of rotatable bonds is 3. The molecular formula is C11H15ClN2O. The second kappa shape index (κ2) is 6.41. The van der Waals surface area contributed by atoms with Crippen LogP contribution in [0.2, 0.25) is 0 Å². The molecule has 0 fully saturated rings. The molecule has 3 nitrogen and oxygen atoms in total. The molecule has 0 spiro atoms. The maximum absolute atomic E-state index is 8.79. The Bertz CT molecular complexity index is 360. The molecule has 0 heterocycles. The fourth-order valence-electron chi connectivity index (χ4n) is 1.35. The minimum Gasteiger partial charge on any atom is -0.395 e. The molecule has 0 saturated heterocycles. The molecule has 3 N–H and O–H groups in total. The first-order chi connectivity index (χ1) is 6.67. The van der Waals surface area contributed by atoms with Crippen LogP contribution in [0.25, 0.3) is 0 Å². The lowest BCUT2D eigenvalue weighted by atomic mass is 10.0. The molecule has 0 aliphatic heterocycles. The van der Waals surface area contributed by atoms with Gasteiger partial charge in [-0.3, -0.25) is 0 Å². The predicted molar refractivity (Wildman–Crippen MR) is 61.9 cm³/mol. The summed E-state index contributed by atoms with van der Waals surface area (Å²) in [6.07, 6.45) is 0.642. The molecule has 1 rings (SSSR count). The number of hydrogen-bond donors (Lipinski definition) is 2. The van der Waals surface area contributed by atoms with Crippen LogP contribution in [0.15, 0.2) is 18.2 Å². The Balaban J connectivity index is 0.00000196. The maximum Gasteiger partial charge on any atom is 0.0994 e. The summed E-state index contributed by atoms with van der Waals surface area (Å²) in [4.78, 5) is 0. The highest BCUT2D eigenvalue weighted by molar-refractivity contribution is 5.85. The molecule has 15 heavy (non-hydrogen) atoms. The number of nitrogens with two attached hydrogens (primary N) is 1. The van der Waals surface area contributed by atoms with Gasteiger partial charge in [0.05, 0.1) is 18.2 Å². The molecule has 0 unspecified atom stereocenters. The van der Waals surface area contributed by atoms with Gasteiger partial charge in [0, 0.05) is 6.04 Å². The molecule has 1 aromatic rings. The van der Waals surface area contributed by atoms with Gasteiger partial charge < -0.3 is 10.8 Å². The zero-order valence-corrected chi connectivity index (χ0v) is 9.42. The summed E-state index contributed by atoms with van der Waals surface area (Å²) in [5.74, 6) is 0. The second-order valence-corrected chi connectivity index (χ2v) is 3.41. The summed E-state index contributed by atoms with van der Waals surface area (Å²) in [7, 11) is 0. The number of benzene rings is 1.